The van der Waals surface area contributed by atoms with Crippen LogP contribution in [-0.4, -0.2) is 18.0 Å². The van der Waals surface area contributed by atoms with Gasteiger partial charge in [-0.05, 0) is 36.4 Å². The van der Waals surface area contributed by atoms with Crippen molar-refractivity contribution in [3.8, 4) is 0 Å². The van der Waals surface area contributed by atoms with Gasteiger partial charge in [-0.3, -0.25) is 4.79 Å². The third-order valence-electron chi connectivity index (χ3n) is 3.45. The van der Waals surface area contributed by atoms with Crippen LogP contribution in [0.1, 0.15) is 10.5 Å². The highest BCUT2D eigenvalue weighted by Crippen LogP contribution is 2.40. The summed E-state index contributed by atoms with van der Waals surface area (Å²) in [7, 11) is 0.195. The molecule has 0 aliphatic carbocycles. The van der Waals surface area contributed by atoms with Gasteiger partial charge in [0.25, 0.3) is 5.91 Å². The molecule has 0 radical (unpaired) electrons. The largest absolute Gasteiger partial charge is 0.364 e. The van der Waals surface area contributed by atoms with Gasteiger partial charge in [0, 0.05) is 43.7 Å². The fraction of sp³-hybridized carbons (Fsp3) is 0.0625. The molecule has 1 amide bonds. The van der Waals surface area contributed by atoms with Gasteiger partial charge in [-0.2, -0.15) is 0 Å². The zero-order chi connectivity index (χ0) is 17.4. The van der Waals surface area contributed by atoms with Crippen LogP contribution < -0.4 is 16.3 Å². The van der Waals surface area contributed by atoms with Crippen LogP contribution in [0.15, 0.2) is 36.4 Å². The van der Waals surface area contributed by atoms with Crippen molar-refractivity contribution in [2.24, 2.45) is 5.73 Å². The molecule has 3 aromatic rings. The predicted octanol–water partition coefficient (Wildman–Crippen LogP) is 4.22. The third kappa shape index (κ3) is 3.26. The Morgan fingerprint density at radius 3 is 2.33 bits per heavy atom. The fourth-order valence-electron chi connectivity index (χ4n) is 2.52. The lowest BCUT2D eigenvalue weighted by Crippen LogP contribution is -2.23. The minimum atomic E-state index is -1.37. The van der Waals surface area contributed by atoms with E-state index in [1.54, 1.807) is 43.5 Å². The van der Waals surface area contributed by atoms with Crippen molar-refractivity contribution in [3.63, 3.8) is 0 Å². The topological polar surface area (TPSA) is 68.1 Å². The first-order chi connectivity index (χ1) is 11.4. The van der Waals surface area contributed by atoms with Crippen molar-refractivity contribution in [3.05, 3.63) is 57.2 Å². The quantitative estimate of drug-likeness (QED) is 0.643. The number of nitrogens with one attached hydrogen (secondary N) is 1. The molecule has 1 heterocycles. The van der Waals surface area contributed by atoms with E-state index >= 15 is 0 Å². The van der Waals surface area contributed by atoms with Crippen molar-refractivity contribution in [1.82, 2.24) is 4.98 Å². The number of fused-ring (bicyclic) bond motifs is 1. The lowest BCUT2D eigenvalue weighted by molar-refractivity contribution is 0.0997. The molecule has 0 spiro atoms. The molecule has 3 N–H and O–H groups in total. The minimum absolute atomic E-state index is 0.288. The molecule has 2 aromatic carbocycles. The molecular weight excluding hydrogens is 390 g/mol. The first kappa shape index (κ1) is 17.5. The second-order valence-corrected chi connectivity index (χ2v) is 8.23. The van der Waals surface area contributed by atoms with Crippen LogP contribution in [0, 0.1) is 0 Å². The molecule has 24 heavy (non-hydrogen) atoms. The number of amides is 1. The lowest BCUT2D eigenvalue weighted by atomic mass is 10.2. The number of primary amides is 1. The molecule has 4 nitrogen and oxygen atoms in total. The van der Waals surface area contributed by atoms with Crippen molar-refractivity contribution >= 4 is 70.4 Å². The smallest absolute Gasteiger partial charge is 0.265 e. The number of halogens is 3. The van der Waals surface area contributed by atoms with Gasteiger partial charge in [0.05, 0.1) is 8.15 Å². The number of hydrogen-bond donors (Lipinski definition) is 2. The zero-order valence-electron chi connectivity index (χ0n) is 12.4. The van der Waals surface area contributed by atoms with Crippen LogP contribution in [0.5, 0.6) is 0 Å². The SMILES string of the molecule is COP(c1cc(Cl)cc(Cl)c1)c1c(C(N)=O)[nH]c2ccc(Cl)cc12. The number of rotatable bonds is 4. The number of carbonyl (C=O) groups excluding carboxylic acids is 1. The van der Waals surface area contributed by atoms with Gasteiger partial charge >= 0.3 is 0 Å². The monoisotopic (exact) mass is 400 g/mol. The highest BCUT2D eigenvalue weighted by Gasteiger charge is 2.26. The molecule has 0 bridgehead atoms. The number of hydrogen-bond acceptors (Lipinski definition) is 2. The molecule has 0 saturated carbocycles. The van der Waals surface area contributed by atoms with Gasteiger partial charge in [-0.1, -0.05) is 34.8 Å². The van der Waals surface area contributed by atoms with Crippen LogP contribution in [-0.2, 0) is 4.52 Å². The maximum Gasteiger partial charge on any atom is 0.265 e. The van der Waals surface area contributed by atoms with Gasteiger partial charge in [0.1, 0.15) is 5.69 Å². The summed E-state index contributed by atoms with van der Waals surface area (Å²) in [6.45, 7) is 0. The van der Waals surface area contributed by atoms with Crippen LogP contribution in [0.4, 0.5) is 0 Å². The standard InChI is InChI=1S/C16H12Cl3N2O2P/c1-23-24(11-5-9(18)4-10(19)6-11)15-12-7-8(17)2-3-13(12)21-14(15)16(20)22/h2-7,21H,1H3,(H2,20,22). The van der Waals surface area contributed by atoms with E-state index in [0.717, 1.165) is 16.2 Å². The van der Waals surface area contributed by atoms with E-state index in [2.05, 4.69) is 4.98 Å². The minimum Gasteiger partial charge on any atom is -0.364 e. The molecule has 1 aromatic heterocycles. The van der Waals surface area contributed by atoms with E-state index in [1.165, 1.54) is 0 Å². The van der Waals surface area contributed by atoms with E-state index in [1.807, 2.05) is 0 Å². The highest BCUT2D eigenvalue weighted by molar-refractivity contribution is 7.69. The van der Waals surface area contributed by atoms with Crippen LogP contribution in [0.2, 0.25) is 15.1 Å². The Morgan fingerprint density at radius 2 is 1.75 bits per heavy atom. The van der Waals surface area contributed by atoms with E-state index in [4.69, 9.17) is 45.1 Å². The van der Waals surface area contributed by atoms with Gasteiger partial charge in [0.2, 0.25) is 0 Å². The van der Waals surface area contributed by atoms with Crippen molar-refractivity contribution < 1.29 is 9.32 Å². The van der Waals surface area contributed by atoms with Crippen molar-refractivity contribution in [1.29, 1.82) is 0 Å². The Labute approximate surface area is 154 Å². The van der Waals surface area contributed by atoms with Gasteiger partial charge < -0.3 is 15.2 Å². The molecule has 1 atom stereocenters. The number of aromatic nitrogens is 1. The zero-order valence-corrected chi connectivity index (χ0v) is 15.6. The summed E-state index contributed by atoms with van der Waals surface area (Å²) >= 11 is 18.3. The summed E-state index contributed by atoms with van der Waals surface area (Å²) in [6.07, 6.45) is 0. The molecule has 124 valence electrons. The maximum atomic E-state index is 11.9. The Hall–Kier alpha value is -1.29. The van der Waals surface area contributed by atoms with Gasteiger partial charge in [0.15, 0.2) is 0 Å². The molecule has 8 heteroatoms. The number of carbonyl (C=O) groups is 1. The maximum absolute atomic E-state index is 11.9. The van der Waals surface area contributed by atoms with E-state index in [9.17, 15) is 4.79 Å². The summed E-state index contributed by atoms with van der Waals surface area (Å²) in [4.78, 5) is 15.0. The van der Waals surface area contributed by atoms with E-state index in [0.29, 0.717) is 20.4 Å². The third-order valence-corrected chi connectivity index (χ3v) is 6.08. The van der Waals surface area contributed by atoms with E-state index < -0.39 is 14.1 Å². The second-order valence-electron chi connectivity index (χ2n) is 5.01. The molecule has 1 unspecified atom stereocenters. The number of benzene rings is 2. The van der Waals surface area contributed by atoms with Crippen LogP contribution >= 0.6 is 43.0 Å². The van der Waals surface area contributed by atoms with Gasteiger partial charge in [-0.25, -0.2) is 0 Å². The summed E-state index contributed by atoms with van der Waals surface area (Å²) in [5.74, 6) is -0.574. The van der Waals surface area contributed by atoms with Crippen LogP contribution in [0.3, 0.4) is 0 Å². The van der Waals surface area contributed by atoms with Crippen molar-refractivity contribution in [2.75, 3.05) is 7.11 Å². The fourth-order valence-corrected chi connectivity index (χ4v) is 5.31. The summed E-state index contributed by atoms with van der Waals surface area (Å²) < 4.78 is 5.71. The average Bonchev–Trinajstić information content (AvgIpc) is 2.86. The summed E-state index contributed by atoms with van der Waals surface area (Å²) in [5.41, 5.74) is 6.59. The summed E-state index contributed by atoms with van der Waals surface area (Å²) in [5, 5.41) is 3.74. The lowest BCUT2D eigenvalue weighted by Gasteiger charge is -2.17. The molecule has 3 rings (SSSR count). The molecule has 0 aliphatic heterocycles. The Morgan fingerprint density at radius 1 is 1.08 bits per heavy atom. The summed E-state index contributed by atoms with van der Waals surface area (Å²) in [6, 6.07) is 10.5. The number of aromatic amines is 1. The average molecular weight is 402 g/mol. The first-order valence-corrected chi connectivity index (χ1v) is 9.21. The normalized spacial score (nSPS) is 12.5. The Kier molecular flexibility index (Phi) is 5.05. The number of H-pyrrole nitrogens is 1. The molecular formula is C16H12Cl3N2O2P. The Bertz CT molecular complexity index is 922. The molecule has 0 aliphatic rings. The first-order valence-electron chi connectivity index (χ1n) is 6.82. The van der Waals surface area contributed by atoms with Crippen LogP contribution in [0.25, 0.3) is 10.9 Å². The molecule has 0 saturated heterocycles. The number of nitrogens with two attached hydrogens (primary N) is 1. The highest BCUT2D eigenvalue weighted by atomic mass is 35.5. The van der Waals surface area contributed by atoms with E-state index in [-0.39, 0.29) is 5.69 Å². The Balaban J connectivity index is 2.30. The predicted molar refractivity (Wildman–Crippen MR) is 101 cm³/mol. The van der Waals surface area contributed by atoms with Crippen molar-refractivity contribution in [2.45, 2.75) is 0 Å². The van der Waals surface area contributed by atoms with Gasteiger partial charge in [-0.15, -0.1) is 0 Å². The second kappa shape index (κ2) is 6.91. The molecule has 0 fully saturated rings.